The number of aromatic nitrogens is 4. The van der Waals surface area contributed by atoms with Gasteiger partial charge in [0.1, 0.15) is 11.3 Å². The van der Waals surface area contributed by atoms with Crippen molar-refractivity contribution >= 4 is 74.5 Å². The Labute approximate surface area is 246 Å². The molecule has 6 rings (SSSR count). The Bertz CT molecular complexity index is 1830. The predicted octanol–water partition coefficient (Wildman–Crippen LogP) is 6.72. The second-order valence-electron chi connectivity index (χ2n) is 8.93. The van der Waals surface area contributed by atoms with Crippen molar-refractivity contribution in [3.8, 4) is 0 Å². The highest BCUT2D eigenvalue weighted by atomic mass is 35.5. The number of Topliss-reactive ketones (excluding diaryl/α,β-unsaturated/α-hetero) is 1. The summed E-state index contributed by atoms with van der Waals surface area (Å²) in [6, 6.07) is 18.8. The molecule has 0 spiro atoms. The number of anilines is 1. The van der Waals surface area contributed by atoms with Crippen LogP contribution in [0.1, 0.15) is 28.6 Å². The lowest BCUT2D eigenvalue weighted by atomic mass is 9.96. The van der Waals surface area contributed by atoms with Gasteiger partial charge >= 0.3 is 5.91 Å². The molecular formula is C28H19Cl2N5O3S2. The van der Waals surface area contributed by atoms with Gasteiger partial charge in [0, 0.05) is 22.0 Å². The fraction of sp³-hybridized carbons (Fsp3) is 0.107. The number of aliphatic hydroxyl groups is 1. The number of thioether (sulfide) groups is 1. The number of fused-ring (bicyclic) bond motifs is 1. The Balaban J connectivity index is 1.45. The Hall–Kier alpha value is -3.70. The van der Waals surface area contributed by atoms with Crippen molar-refractivity contribution in [3.63, 3.8) is 0 Å². The van der Waals surface area contributed by atoms with Gasteiger partial charge in [0.05, 0.1) is 17.3 Å². The molecule has 1 atom stereocenters. The summed E-state index contributed by atoms with van der Waals surface area (Å²) in [6.07, 6.45) is 1.74. The predicted molar refractivity (Wildman–Crippen MR) is 157 cm³/mol. The minimum Gasteiger partial charge on any atom is -0.505 e. The van der Waals surface area contributed by atoms with E-state index in [0.717, 1.165) is 5.56 Å². The number of pyridine rings is 1. The maximum Gasteiger partial charge on any atom is 0.301 e. The minimum atomic E-state index is -0.985. The van der Waals surface area contributed by atoms with E-state index in [1.807, 2.05) is 30.3 Å². The van der Waals surface area contributed by atoms with Gasteiger partial charge in [0.15, 0.2) is 10.1 Å². The van der Waals surface area contributed by atoms with Gasteiger partial charge in [-0.25, -0.2) is 4.98 Å². The number of aryl methyl sites for hydroxylation is 1. The average molecular weight is 609 g/mol. The number of imidazole rings is 1. The third-order valence-corrected chi connectivity index (χ3v) is 9.16. The first-order valence-electron chi connectivity index (χ1n) is 12.0. The first-order valence-corrected chi connectivity index (χ1v) is 14.6. The van der Waals surface area contributed by atoms with Crippen LogP contribution in [-0.2, 0) is 15.3 Å². The van der Waals surface area contributed by atoms with Crippen LogP contribution in [0.5, 0.6) is 0 Å². The molecule has 1 unspecified atom stereocenters. The number of aliphatic hydroxyl groups excluding tert-OH is 1. The maximum absolute atomic E-state index is 13.6. The highest BCUT2D eigenvalue weighted by Crippen LogP contribution is 2.44. The third-order valence-electron chi connectivity index (χ3n) is 6.45. The molecule has 0 radical (unpaired) electrons. The zero-order valence-electron chi connectivity index (χ0n) is 20.8. The lowest BCUT2D eigenvalue weighted by Crippen LogP contribution is -2.29. The summed E-state index contributed by atoms with van der Waals surface area (Å²) in [7, 11) is 0. The van der Waals surface area contributed by atoms with Crippen LogP contribution < -0.4 is 4.90 Å². The zero-order valence-corrected chi connectivity index (χ0v) is 23.9. The van der Waals surface area contributed by atoms with Crippen molar-refractivity contribution in [1.29, 1.82) is 0 Å². The number of halogens is 2. The number of nitrogens with zero attached hydrogens (tertiary/aromatic N) is 5. The summed E-state index contributed by atoms with van der Waals surface area (Å²) in [6.45, 7) is 1.74. The SMILES string of the molecule is Cc1nc2ccccn2c1/C(O)=C1\C(=O)C(=O)N(c2nnc(SCc3ccccc3Cl)s2)C1c1cccc(Cl)c1. The molecule has 12 heteroatoms. The van der Waals surface area contributed by atoms with Crippen molar-refractivity contribution in [2.45, 2.75) is 23.1 Å². The molecule has 1 saturated heterocycles. The maximum atomic E-state index is 13.6. The van der Waals surface area contributed by atoms with E-state index in [4.69, 9.17) is 23.2 Å². The fourth-order valence-electron chi connectivity index (χ4n) is 4.66. The van der Waals surface area contributed by atoms with Crippen molar-refractivity contribution in [1.82, 2.24) is 19.6 Å². The second kappa shape index (κ2) is 10.7. The molecule has 1 fully saturated rings. The highest BCUT2D eigenvalue weighted by Gasteiger charge is 2.49. The van der Waals surface area contributed by atoms with Gasteiger partial charge in [-0.1, -0.05) is 82.7 Å². The number of hydrogen-bond acceptors (Lipinski definition) is 8. The van der Waals surface area contributed by atoms with E-state index >= 15 is 0 Å². The summed E-state index contributed by atoms with van der Waals surface area (Å²) in [5.41, 5.74) is 2.83. The van der Waals surface area contributed by atoms with Gasteiger partial charge in [-0.05, 0) is 48.4 Å². The molecule has 1 N–H and O–H groups in total. The summed E-state index contributed by atoms with van der Waals surface area (Å²) in [5, 5.41) is 21.4. The summed E-state index contributed by atoms with van der Waals surface area (Å²) in [5.74, 6) is -1.44. The van der Waals surface area contributed by atoms with E-state index in [9.17, 15) is 14.7 Å². The lowest BCUT2D eigenvalue weighted by Gasteiger charge is -2.22. The molecule has 1 aliphatic heterocycles. The fourth-order valence-corrected chi connectivity index (χ4v) is 7.01. The Kier molecular flexibility index (Phi) is 7.09. The van der Waals surface area contributed by atoms with Crippen LogP contribution in [0.4, 0.5) is 5.13 Å². The van der Waals surface area contributed by atoms with E-state index < -0.39 is 17.7 Å². The first-order chi connectivity index (χ1) is 19.3. The number of carbonyl (C=O) groups excluding carboxylic acids is 2. The van der Waals surface area contributed by atoms with Crippen LogP contribution in [0, 0.1) is 6.92 Å². The lowest BCUT2D eigenvalue weighted by molar-refractivity contribution is -0.132. The van der Waals surface area contributed by atoms with E-state index in [-0.39, 0.29) is 16.5 Å². The van der Waals surface area contributed by atoms with Crippen LogP contribution >= 0.6 is 46.3 Å². The van der Waals surface area contributed by atoms with Gasteiger partial charge in [-0.2, -0.15) is 0 Å². The summed E-state index contributed by atoms with van der Waals surface area (Å²) < 4.78 is 2.28. The number of rotatable bonds is 6. The Morgan fingerprint density at radius 1 is 1.05 bits per heavy atom. The standard InChI is InChI=1S/C28H19Cl2N5O3S2/c1-15-22(34-12-5-4-11-20(34)31-15)24(36)21-23(16-8-6-9-18(29)13-16)35(26(38)25(21)37)27-32-33-28(40-27)39-14-17-7-2-3-10-19(17)30/h2-13,23,36H,14H2,1H3/b24-21+. The number of amides is 1. The number of carbonyl (C=O) groups is 2. The van der Waals surface area contributed by atoms with E-state index in [1.165, 1.54) is 28.0 Å². The quantitative estimate of drug-likeness (QED) is 0.0751. The van der Waals surface area contributed by atoms with Gasteiger partial charge in [0.25, 0.3) is 5.78 Å². The summed E-state index contributed by atoms with van der Waals surface area (Å²) in [4.78, 5) is 32.9. The second-order valence-corrected chi connectivity index (χ2v) is 12.0. The highest BCUT2D eigenvalue weighted by molar-refractivity contribution is 8.00. The van der Waals surface area contributed by atoms with Gasteiger partial charge in [0.2, 0.25) is 5.13 Å². The number of benzene rings is 2. The molecule has 200 valence electrons. The van der Waals surface area contributed by atoms with E-state index in [0.29, 0.717) is 42.7 Å². The topological polar surface area (TPSA) is 101 Å². The zero-order chi connectivity index (χ0) is 28.0. The minimum absolute atomic E-state index is 0.0820. The average Bonchev–Trinajstić information content (AvgIpc) is 3.61. The third kappa shape index (κ3) is 4.66. The normalized spacial score (nSPS) is 16.8. The largest absolute Gasteiger partial charge is 0.505 e. The van der Waals surface area contributed by atoms with E-state index in [1.54, 1.807) is 53.9 Å². The van der Waals surface area contributed by atoms with Crippen LogP contribution in [0.25, 0.3) is 11.4 Å². The number of ketones is 1. The molecule has 5 aromatic rings. The van der Waals surface area contributed by atoms with Gasteiger partial charge in [-0.3, -0.25) is 18.9 Å². The molecule has 0 aliphatic carbocycles. The van der Waals surface area contributed by atoms with Crippen molar-refractivity contribution in [2.24, 2.45) is 0 Å². The van der Waals surface area contributed by atoms with Gasteiger partial charge < -0.3 is 5.11 Å². The Morgan fingerprint density at radius 2 is 1.85 bits per heavy atom. The molecular weight excluding hydrogens is 589 g/mol. The van der Waals surface area contributed by atoms with Crippen molar-refractivity contribution in [2.75, 3.05) is 4.90 Å². The van der Waals surface area contributed by atoms with Crippen LogP contribution in [0.3, 0.4) is 0 Å². The smallest absolute Gasteiger partial charge is 0.301 e. The van der Waals surface area contributed by atoms with Crippen LogP contribution in [-0.4, -0.2) is 36.4 Å². The molecule has 1 amide bonds. The van der Waals surface area contributed by atoms with Crippen LogP contribution in [0.15, 0.2) is 82.8 Å². The molecule has 0 saturated carbocycles. The molecule has 2 aromatic carbocycles. The van der Waals surface area contributed by atoms with Crippen molar-refractivity contribution in [3.05, 3.63) is 111 Å². The van der Waals surface area contributed by atoms with Gasteiger partial charge in [-0.15, -0.1) is 10.2 Å². The van der Waals surface area contributed by atoms with Crippen molar-refractivity contribution < 1.29 is 14.7 Å². The number of hydrogen-bond donors (Lipinski definition) is 1. The van der Waals surface area contributed by atoms with Crippen LogP contribution in [0.2, 0.25) is 10.0 Å². The molecule has 0 bridgehead atoms. The molecule has 1 aliphatic rings. The monoisotopic (exact) mass is 607 g/mol. The molecule has 40 heavy (non-hydrogen) atoms. The molecule has 3 aromatic heterocycles. The summed E-state index contributed by atoms with van der Waals surface area (Å²) >= 11 is 15.2. The Morgan fingerprint density at radius 3 is 2.65 bits per heavy atom. The molecule has 8 nitrogen and oxygen atoms in total. The first kappa shape index (κ1) is 26.5. The molecule has 4 heterocycles. The van der Waals surface area contributed by atoms with E-state index in [2.05, 4.69) is 15.2 Å².